The van der Waals surface area contributed by atoms with Crippen molar-refractivity contribution in [3.63, 3.8) is 0 Å². The number of nitrogens with zero attached hydrogens (tertiary/aromatic N) is 3. The van der Waals surface area contributed by atoms with Crippen LogP contribution in [0.3, 0.4) is 0 Å². The van der Waals surface area contributed by atoms with Gasteiger partial charge in [-0.05, 0) is 25.0 Å². The lowest BCUT2D eigenvalue weighted by Gasteiger charge is -2.38. The number of rotatable bonds is 5. The molecular formula is C21H27N3O4. The van der Waals surface area contributed by atoms with Gasteiger partial charge in [0.25, 0.3) is 0 Å². The van der Waals surface area contributed by atoms with E-state index in [-0.39, 0.29) is 18.6 Å². The van der Waals surface area contributed by atoms with Gasteiger partial charge < -0.3 is 18.9 Å². The maximum Gasteiger partial charge on any atom is 0.509 e. The normalized spacial score (nSPS) is 19.6. The molecule has 1 aromatic heterocycles. The van der Waals surface area contributed by atoms with Crippen LogP contribution in [-0.4, -0.2) is 51.8 Å². The van der Waals surface area contributed by atoms with Crippen LogP contribution in [0.25, 0.3) is 11.0 Å². The molecule has 7 heteroatoms. The van der Waals surface area contributed by atoms with Crippen molar-refractivity contribution in [2.75, 3.05) is 19.7 Å². The molecule has 2 saturated heterocycles. The molecule has 0 unspecified atom stereocenters. The molecule has 2 aliphatic heterocycles. The molecule has 28 heavy (non-hydrogen) atoms. The molecule has 3 heterocycles. The highest BCUT2D eigenvalue weighted by Gasteiger charge is 2.46. The second-order valence-electron chi connectivity index (χ2n) is 7.71. The first-order valence-corrected chi connectivity index (χ1v) is 10.2. The van der Waals surface area contributed by atoms with Crippen LogP contribution in [0.5, 0.6) is 0 Å². The fourth-order valence-electron chi connectivity index (χ4n) is 4.33. The first-order chi connectivity index (χ1) is 13.6. The van der Waals surface area contributed by atoms with Crippen molar-refractivity contribution in [1.82, 2.24) is 14.5 Å². The molecular weight excluding hydrogens is 358 g/mol. The molecule has 0 bridgehead atoms. The topological polar surface area (TPSA) is 73.7 Å². The Labute approximate surface area is 164 Å². The standard InChI is InChI=1S/C21H27N3O4/c1-3-7-18-22-15-8-5-6-9-17(15)24(18)16(4-2)19(25)23-12-10-21(11-13-23)14-27-20(26)28-21/h5-6,8-9,16H,3-4,7,10-14H2,1-2H3/t16-/m0/s1. The molecule has 2 aromatic rings. The van der Waals surface area contributed by atoms with Crippen LogP contribution < -0.4 is 0 Å². The van der Waals surface area contributed by atoms with Gasteiger partial charge in [-0.15, -0.1) is 0 Å². The summed E-state index contributed by atoms with van der Waals surface area (Å²) >= 11 is 0. The molecule has 0 aliphatic carbocycles. The van der Waals surface area contributed by atoms with E-state index in [2.05, 4.69) is 11.5 Å². The van der Waals surface area contributed by atoms with Gasteiger partial charge in [-0.25, -0.2) is 9.78 Å². The number of aromatic nitrogens is 2. The summed E-state index contributed by atoms with van der Waals surface area (Å²) in [6.07, 6.45) is 3.16. The predicted molar refractivity (Wildman–Crippen MR) is 104 cm³/mol. The molecule has 7 nitrogen and oxygen atoms in total. The summed E-state index contributed by atoms with van der Waals surface area (Å²) in [5.41, 5.74) is 1.40. The molecule has 150 valence electrons. The van der Waals surface area contributed by atoms with Gasteiger partial charge in [0, 0.05) is 32.4 Å². The lowest BCUT2D eigenvalue weighted by molar-refractivity contribution is -0.138. The van der Waals surface area contributed by atoms with Crippen molar-refractivity contribution in [3.05, 3.63) is 30.1 Å². The minimum absolute atomic E-state index is 0.114. The molecule has 1 aromatic carbocycles. The Morgan fingerprint density at radius 1 is 1.25 bits per heavy atom. The number of benzene rings is 1. The summed E-state index contributed by atoms with van der Waals surface area (Å²) in [6, 6.07) is 7.74. The Hall–Kier alpha value is -2.57. The summed E-state index contributed by atoms with van der Waals surface area (Å²) in [4.78, 5) is 31.4. The molecule has 2 fully saturated rings. The number of amides is 1. The lowest BCUT2D eigenvalue weighted by Crippen LogP contribution is -2.49. The molecule has 0 N–H and O–H groups in total. The van der Waals surface area contributed by atoms with E-state index in [1.54, 1.807) is 0 Å². The van der Waals surface area contributed by atoms with Crippen LogP contribution in [0.1, 0.15) is 51.4 Å². The first kappa shape index (κ1) is 18.8. The Kier molecular flexibility index (Phi) is 5.00. The summed E-state index contributed by atoms with van der Waals surface area (Å²) in [5, 5.41) is 0. The van der Waals surface area contributed by atoms with Crippen molar-refractivity contribution in [3.8, 4) is 0 Å². The number of likely N-dealkylation sites (tertiary alicyclic amines) is 1. The van der Waals surface area contributed by atoms with E-state index >= 15 is 0 Å². The molecule has 0 radical (unpaired) electrons. The summed E-state index contributed by atoms with van der Waals surface area (Å²) in [7, 11) is 0. The zero-order chi connectivity index (χ0) is 19.7. The largest absolute Gasteiger partial charge is 0.509 e. The average Bonchev–Trinajstić information content (AvgIpc) is 3.24. The maximum atomic E-state index is 13.4. The van der Waals surface area contributed by atoms with Gasteiger partial charge in [0.2, 0.25) is 5.91 Å². The predicted octanol–water partition coefficient (Wildman–Crippen LogP) is 3.47. The fourth-order valence-corrected chi connectivity index (χ4v) is 4.33. The molecule has 1 atom stereocenters. The van der Waals surface area contributed by atoms with E-state index in [4.69, 9.17) is 14.5 Å². The SMILES string of the molecule is CCCc1nc2ccccc2n1[C@@H](CC)C(=O)N1CCC2(CC1)COC(=O)O2. The van der Waals surface area contributed by atoms with E-state index in [9.17, 15) is 9.59 Å². The highest BCUT2D eigenvalue weighted by molar-refractivity contribution is 5.84. The van der Waals surface area contributed by atoms with Crippen molar-refractivity contribution in [2.24, 2.45) is 0 Å². The van der Waals surface area contributed by atoms with Crippen LogP contribution in [0.2, 0.25) is 0 Å². The van der Waals surface area contributed by atoms with Crippen LogP contribution in [0.15, 0.2) is 24.3 Å². The average molecular weight is 385 g/mol. The van der Waals surface area contributed by atoms with Gasteiger partial charge in [-0.2, -0.15) is 0 Å². The molecule has 0 saturated carbocycles. The number of hydrogen-bond acceptors (Lipinski definition) is 5. The van der Waals surface area contributed by atoms with E-state index in [1.165, 1.54) is 0 Å². The number of piperidine rings is 1. The number of imidazole rings is 1. The highest BCUT2D eigenvalue weighted by atomic mass is 16.8. The van der Waals surface area contributed by atoms with Gasteiger partial charge in [0.05, 0.1) is 11.0 Å². The monoisotopic (exact) mass is 385 g/mol. The van der Waals surface area contributed by atoms with E-state index < -0.39 is 11.8 Å². The number of hydrogen-bond donors (Lipinski definition) is 0. The van der Waals surface area contributed by atoms with E-state index in [0.717, 1.165) is 29.7 Å². The quantitative estimate of drug-likeness (QED) is 0.737. The van der Waals surface area contributed by atoms with Crippen molar-refractivity contribution >= 4 is 23.1 Å². The summed E-state index contributed by atoms with van der Waals surface area (Å²) < 4.78 is 12.5. The number of carbonyl (C=O) groups is 2. The minimum Gasteiger partial charge on any atom is -0.430 e. The van der Waals surface area contributed by atoms with Crippen molar-refractivity contribution in [2.45, 2.75) is 57.6 Å². The zero-order valence-electron chi connectivity index (χ0n) is 16.5. The molecule has 1 spiro atoms. The number of cyclic esters (lactones) is 1. The number of carbonyl (C=O) groups excluding carboxylic acids is 2. The Balaban J connectivity index is 1.58. The van der Waals surface area contributed by atoms with Crippen LogP contribution in [0, 0.1) is 0 Å². The van der Waals surface area contributed by atoms with E-state index in [1.807, 2.05) is 36.1 Å². The summed E-state index contributed by atoms with van der Waals surface area (Å²) in [6.45, 7) is 5.61. The molecule has 1 amide bonds. The fraction of sp³-hybridized carbons (Fsp3) is 0.571. The lowest BCUT2D eigenvalue weighted by atomic mass is 9.92. The second kappa shape index (κ2) is 7.45. The third kappa shape index (κ3) is 3.23. The van der Waals surface area contributed by atoms with Gasteiger partial charge in [0.15, 0.2) is 5.60 Å². The van der Waals surface area contributed by atoms with Gasteiger partial charge in [0.1, 0.15) is 18.5 Å². The Morgan fingerprint density at radius 3 is 2.64 bits per heavy atom. The highest BCUT2D eigenvalue weighted by Crippen LogP contribution is 2.33. The second-order valence-corrected chi connectivity index (χ2v) is 7.71. The van der Waals surface area contributed by atoms with Crippen LogP contribution >= 0.6 is 0 Å². The molecule has 4 rings (SSSR count). The number of ether oxygens (including phenoxy) is 2. The van der Waals surface area contributed by atoms with Crippen molar-refractivity contribution in [1.29, 1.82) is 0 Å². The minimum atomic E-state index is -0.597. The number of aryl methyl sites for hydroxylation is 1. The smallest absolute Gasteiger partial charge is 0.430 e. The third-order valence-corrected chi connectivity index (χ3v) is 5.87. The van der Waals surface area contributed by atoms with Crippen LogP contribution in [-0.2, 0) is 20.7 Å². The van der Waals surface area contributed by atoms with E-state index in [0.29, 0.717) is 32.4 Å². The Morgan fingerprint density at radius 2 is 2.00 bits per heavy atom. The van der Waals surface area contributed by atoms with Gasteiger partial charge >= 0.3 is 6.16 Å². The van der Waals surface area contributed by atoms with Crippen LogP contribution in [0.4, 0.5) is 4.79 Å². The summed E-state index contributed by atoms with van der Waals surface area (Å²) in [5.74, 6) is 1.08. The number of para-hydroxylation sites is 2. The maximum absolute atomic E-state index is 13.4. The van der Waals surface area contributed by atoms with Gasteiger partial charge in [-0.1, -0.05) is 26.0 Å². The molecule has 2 aliphatic rings. The van der Waals surface area contributed by atoms with Crippen molar-refractivity contribution < 1.29 is 19.1 Å². The first-order valence-electron chi connectivity index (χ1n) is 10.2. The number of fused-ring (bicyclic) bond motifs is 1. The Bertz CT molecular complexity index is 883. The van der Waals surface area contributed by atoms with Gasteiger partial charge in [-0.3, -0.25) is 4.79 Å². The third-order valence-electron chi connectivity index (χ3n) is 5.87. The zero-order valence-corrected chi connectivity index (χ0v) is 16.5.